The molecule has 0 amide bonds. The second-order valence-electron chi connectivity index (χ2n) is 5.06. The zero-order chi connectivity index (χ0) is 15.5. The minimum atomic E-state index is -0.616. The van der Waals surface area contributed by atoms with Gasteiger partial charge in [-0.1, -0.05) is 24.3 Å². The van der Waals surface area contributed by atoms with Gasteiger partial charge in [0.25, 0.3) is 0 Å². The van der Waals surface area contributed by atoms with Crippen LogP contribution in [0.4, 0.5) is 8.78 Å². The molecule has 0 spiro atoms. The van der Waals surface area contributed by atoms with Crippen molar-refractivity contribution in [2.45, 2.75) is 13.1 Å². The minimum absolute atomic E-state index is 0.414. The smallest absolute Gasteiger partial charge is 0.140 e. The number of benzene rings is 2. The number of nitrogens with zero attached hydrogens (tertiary/aromatic N) is 2. The lowest BCUT2D eigenvalue weighted by atomic mass is 10.1. The summed E-state index contributed by atoms with van der Waals surface area (Å²) in [6.45, 7) is 1.03. The van der Waals surface area contributed by atoms with Crippen molar-refractivity contribution < 1.29 is 8.78 Å². The van der Waals surface area contributed by atoms with Gasteiger partial charge in [-0.2, -0.15) is 0 Å². The molecule has 2 N–H and O–H groups in total. The highest BCUT2D eigenvalue weighted by atomic mass is 19.1. The van der Waals surface area contributed by atoms with Crippen molar-refractivity contribution in [3.05, 3.63) is 77.6 Å². The van der Waals surface area contributed by atoms with E-state index in [4.69, 9.17) is 5.73 Å². The Morgan fingerprint density at radius 1 is 1.00 bits per heavy atom. The molecule has 5 heteroatoms. The highest BCUT2D eigenvalue weighted by Crippen LogP contribution is 2.21. The van der Waals surface area contributed by atoms with E-state index in [1.807, 2.05) is 28.8 Å². The normalized spacial score (nSPS) is 10.9. The molecule has 0 aliphatic heterocycles. The Morgan fingerprint density at radius 2 is 1.73 bits per heavy atom. The molecule has 1 heterocycles. The van der Waals surface area contributed by atoms with Crippen LogP contribution in [0.1, 0.15) is 11.1 Å². The predicted octanol–water partition coefficient (Wildman–Crippen LogP) is 3.34. The Labute approximate surface area is 127 Å². The topological polar surface area (TPSA) is 43.8 Å². The van der Waals surface area contributed by atoms with E-state index in [2.05, 4.69) is 4.98 Å². The maximum absolute atomic E-state index is 13.4. The van der Waals surface area contributed by atoms with E-state index >= 15 is 0 Å². The fourth-order valence-corrected chi connectivity index (χ4v) is 2.43. The molecule has 3 rings (SSSR count). The summed E-state index contributed by atoms with van der Waals surface area (Å²) in [5.74, 6) is -0.707. The molecule has 3 aromatic rings. The number of imidazole rings is 1. The number of hydrogen-bond donors (Lipinski definition) is 1. The molecular weight excluding hydrogens is 284 g/mol. The van der Waals surface area contributed by atoms with E-state index in [0.29, 0.717) is 24.5 Å². The highest BCUT2D eigenvalue weighted by molar-refractivity contribution is 5.56. The van der Waals surface area contributed by atoms with E-state index in [1.165, 1.54) is 12.1 Å². The quantitative estimate of drug-likeness (QED) is 0.803. The zero-order valence-corrected chi connectivity index (χ0v) is 11.8. The largest absolute Gasteiger partial charge is 0.327 e. The fraction of sp³-hybridized carbons (Fsp3) is 0.118. The molecule has 1 aromatic heterocycles. The van der Waals surface area contributed by atoms with Crippen LogP contribution in [0.25, 0.3) is 11.4 Å². The third kappa shape index (κ3) is 3.04. The van der Waals surface area contributed by atoms with Crippen LogP contribution in [0.2, 0.25) is 0 Å². The SMILES string of the molecule is NCc1cccc(Cn2ccnc2-c2cc(F)cc(F)c2)c1. The van der Waals surface area contributed by atoms with Crippen molar-refractivity contribution in [1.29, 1.82) is 0 Å². The Morgan fingerprint density at radius 3 is 2.45 bits per heavy atom. The Hall–Kier alpha value is -2.53. The van der Waals surface area contributed by atoms with Crippen molar-refractivity contribution in [2.75, 3.05) is 0 Å². The first-order valence-electron chi connectivity index (χ1n) is 6.91. The van der Waals surface area contributed by atoms with Crippen LogP contribution >= 0.6 is 0 Å². The van der Waals surface area contributed by atoms with Crippen LogP contribution in [-0.2, 0) is 13.1 Å². The lowest BCUT2D eigenvalue weighted by Gasteiger charge is -2.09. The standard InChI is InChI=1S/C17H15F2N3/c18-15-7-14(8-16(19)9-15)17-21-4-5-22(17)11-13-3-1-2-12(6-13)10-20/h1-9H,10-11,20H2. The van der Waals surface area contributed by atoms with Crippen LogP contribution < -0.4 is 5.73 Å². The molecule has 0 bridgehead atoms. The lowest BCUT2D eigenvalue weighted by molar-refractivity contribution is 0.583. The van der Waals surface area contributed by atoms with Gasteiger partial charge in [-0.25, -0.2) is 13.8 Å². The number of hydrogen-bond acceptors (Lipinski definition) is 2. The first-order chi connectivity index (χ1) is 10.7. The molecule has 2 aromatic carbocycles. The molecule has 22 heavy (non-hydrogen) atoms. The first-order valence-corrected chi connectivity index (χ1v) is 6.91. The molecule has 112 valence electrons. The lowest BCUT2D eigenvalue weighted by Crippen LogP contribution is -2.03. The maximum atomic E-state index is 13.4. The van der Waals surface area contributed by atoms with Gasteiger partial charge in [-0.15, -0.1) is 0 Å². The summed E-state index contributed by atoms with van der Waals surface area (Å²) in [7, 11) is 0. The van der Waals surface area contributed by atoms with Gasteiger partial charge in [0.15, 0.2) is 0 Å². The number of rotatable bonds is 4. The van der Waals surface area contributed by atoms with Gasteiger partial charge in [-0.3, -0.25) is 0 Å². The predicted molar refractivity (Wildman–Crippen MR) is 81.0 cm³/mol. The number of halogens is 2. The third-order valence-corrected chi connectivity index (χ3v) is 3.42. The van der Waals surface area contributed by atoms with Gasteiger partial charge in [-0.05, 0) is 23.3 Å². The summed E-state index contributed by atoms with van der Waals surface area (Å²) in [6, 6.07) is 11.3. The van der Waals surface area contributed by atoms with Crippen LogP contribution in [0, 0.1) is 11.6 Å². The van der Waals surface area contributed by atoms with E-state index in [1.54, 1.807) is 12.4 Å². The number of aromatic nitrogens is 2. The molecular formula is C17H15F2N3. The van der Waals surface area contributed by atoms with Crippen molar-refractivity contribution in [3.63, 3.8) is 0 Å². The Balaban J connectivity index is 1.94. The molecule has 0 unspecified atom stereocenters. The Bertz CT molecular complexity index is 776. The van der Waals surface area contributed by atoms with E-state index in [0.717, 1.165) is 17.2 Å². The summed E-state index contributed by atoms with van der Waals surface area (Å²) in [4.78, 5) is 4.21. The molecule has 0 saturated heterocycles. The summed E-state index contributed by atoms with van der Waals surface area (Å²) >= 11 is 0. The van der Waals surface area contributed by atoms with Crippen molar-refractivity contribution in [2.24, 2.45) is 5.73 Å². The van der Waals surface area contributed by atoms with Gasteiger partial charge in [0.05, 0.1) is 0 Å². The van der Waals surface area contributed by atoms with E-state index < -0.39 is 11.6 Å². The fourth-order valence-electron chi connectivity index (χ4n) is 2.43. The molecule has 0 atom stereocenters. The van der Waals surface area contributed by atoms with Crippen molar-refractivity contribution >= 4 is 0 Å². The van der Waals surface area contributed by atoms with Gasteiger partial charge < -0.3 is 10.3 Å². The van der Waals surface area contributed by atoms with Gasteiger partial charge in [0, 0.05) is 37.1 Å². The second-order valence-corrected chi connectivity index (χ2v) is 5.06. The monoisotopic (exact) mass is 299 g/mol. The zero-order valence-electron chi connectivity index (χ0n) is 11.8. The molecule has 0 saturated carbocycles. The molecule has 0 radical (unpaired) electrons. The average molecular weight is 299 g/mol. The first kappa shape index (κ1) is 14.4. The van der Waals surface area contributed by atoms with Crippen molar-refractivity contribution in [3.8, 4) is 11.4 Å². The van der Waals surface area contributed by atoms with Crippen LogP contribution in [0.15, 0.2) is 54.9 Å². The van der Waals surface area contributed by atoms with E-state index in [-0.39, 0.29) is 0 Å². The summed E-state index contributed by atoms with van der Waals surface area (Å²) < 4.78 is 28.6. The average Bonchev–Trinajstić information content (AvgIpc) is 2.94. The summed E-state index contributed by atoms with van der Waals surface area (Å²) in [5.41, 5.74) is 8.15. The summed E-state index contributed by atoms with van der Waals surface area (Å²) in [6.07, 6.45) is 3.40. The summed E-state index contributed by atoms with van der Waals surface area (Å²) in [5, 5.41) is 0. The van der Waals surface area contributed by atoms with Crippen LogP contribution in [-0.4, -0.2) is 9.55 Å². The van der Waals surface area contributed by atoms with Crippen LogP contribution in [0.5, 0.6) is 0 Å². The highest BCUT2D eigenvalue weighted by Gasteiger charge is 2.09. The van der Waals surface area contributed by atoms with Gasteiger partial charge in [0.2, 0.25) is 0 Å². The Kier molecular flexibility index (Phi) is 3.98. The molecule has 0 aliphatic rings. The maximum Gasteiger partial charge on any atom is 0.140 e. The van der Waals surface area contributed by atoms with Crippen molar-refractivity contribution in [1.82, 2.24) is 9.55 Å². The molecule has 3 nitrogen and oxygen atoms in total. The van der Waals surface area contributed by atoms with Gasteiger partial charge in [0.1, 0.15) is 17.5 Å². The van der Waals surface area contributed by atoms with Gasteiger partial charge >= 0.3 is 0 Å². The minimum Gasteiger partial charge on any atom is -0.327 e. The molecule has 0 aliphatic carbocycles. The second kappa shape index (κ2) is 6.07. The third-order valence-electron chi connectivity index (χ3n) is 3.42. The number of nitrogens with two attached hydrogens (primary N) is 1. The molecule has 0 fully saturated rings. The van der Waals surface area contributed by atoms with E-state index in [9.17, 15) is 8.78 Å². The van der Waals surface area contributed by atoms with Crippen LogP contribution in [0.3, 0.4) is 0 Å².